The molecule has 0 unspecified atom stereocenters. The Labute approximate surface area is 224 Å². The van der Waals surface area contributed by atoms with Crippen LogP contribution in [0.3, 0.4) is 0 Å². The number of carbonyl (C=O) groups is 1. The first-order valence-electron chi connectivity index (χ1n) is 13.4. The van der Waals surface area contributed by atoms with E-state index in [1.54, 1.807) is 11.3 Å². The van der Waals surface area contributed by atoms with Crippen LogP contribution in [0.1, 0.15) is 53.1 Å². The van der Waals surface area contributed by atoms with Gasteiger partial charge in [0.25, 0.3) is 0 Å². The van der Waals surface area contributed by atoms with Crippen molar-refractivity contribution in [3.63, 3.8) is 0 Å². The van der Waals surface area contributed by atoms with Crippen LogP contribution in [-0.4, -0.2) is 58.6 Å². The van der Waals surface area contributed by atoms with Gasteiger partial charge in [-0.05, 0) is 56.2 Å². The summed E-state index contributed by atoms with van der Waals surface area (Å²) in [6.07, 6.45) is 4.92. The van der Waals surface area contributed by atoms with Gasteiger partial charge in [0.1, 0.15) is 5.75 Å². The first-order valence-corrected chi connectivity index (χ1v) is 14.3. The summed E-state index contributed by atoms with van der Waals surface area (Å²) >= 11 is 1.60. The highest BCUT2D eigenvalue weighted by Gasteiger charge is 2.19. The van der Waals surface area contributed by atoms with Crippen molar-refractivity contribution in [3.8, 4) is 5.75 Å². The minimum absolute atomic E-state index is 0.155. The van der Waals surface area contributed by atoms with Crippen LogP contribution in [-0.2, 0) is 30.7 Å². The van der Waals surface area contributed by atoms with Gasteiger partial charge >= 0.3 is 0 Å². The number of aliphatic hydroxyl groups is 1. The van der Waals surface area contributed by atoms with Crippen molar-refractivity contribution in [2.24, 2.45) is 0 Å². The first-order chi connectivity index (χ1) is 18.1. The molecule has 0 fully saturated rings. The molecule has 6 nitrogen and oxygen atoms in total. The van der Waals surface area contributed by atoms with E-state index in [1.165, 1.54) is 16.7 Å². The maximum absolute atomic E-state index is 13.3. The van der Waals surface area contributed by atoms with Crippen LogP contribution in [0.2, 0.25) is 0 Å². The van der Waals surface area contributed by atoms with Gasteiger partial charge in [0, 0.05) is 50.3 Å². The number of thiazole rings is 1. The molecule has 0 atom stereocenters. The number of fused-ring (bicyclic) bond motifs is 1. The Balaban J connectivity index is 1.55. The Morgan fingerprint density at radius 3 is 2.70 bits per heavy atom. The van der Waals surface area contributed by atoms with Crippen LogP contribution >= 0.6 is 11.3 Å². The lowest BCUT2D eigenvalue weighted by atomic mass is 10.0. The molecular formula is C30H39N3O3S. The Hall–Kier alpha value is -2.74. The van der Waals surface area contributed by atoms with E-state index in [1.807, 2.05) is 23.3 Å². The van der Waals surface area contributed by atoms with Gasteiger partial charge in [-0.2, -0.15) is 0 Å². The molecule has 2 aromatic carbocycles. The minimum Gasteiger partial charge on any atom is -0.493 e. The number of aliphatic hydroxyl groups excluding tert-OH is 1. The highest BCUT2D eigenvalue weighted by molar-refractivity contribution is 7.09. The van der Waals surface area contributed by atoms with E-state index in [2.05, 4.69) is 52.3 Å². The third kappa shape index (κ3) is 8.66. The maximum Gasteiger partial charge on any atom is 0.228 e. The third-order valence-electron chi connectivity index (χ3n) is 6.76. The van der Waals surface area contributed by atoms with Gasteiger partial charge in [-0.1, -0.05) is 42.5 Å². The largest absolute Gasteiger partial charge is 0.493 e. The summed E-state index contributed by atoms with van der Waals surface area (Å²) in [4.78, 5) is 22.3. The molecule has 0 spiro atoms. The van der Waals surface area contributed by atoms with Crippen molar-refractivity contribution >= 4 is 17.2 Å². The number of amides is 1. The number of hydrogen-bond donors (Lipinski definition) is 1. The van der Waals surface area contributed by atoms with Crippen molar-refractivity contribution in [3.05, 3.63) is 81.3 Å². The number of ether oxygens (including phenoxy) is 1. The molecule has 1 aliphatic rings. The molecule has 0 saturated heterocycles. The average molecular weight is 522 g/mol. The van der Waals surface area contributed by atoms with Gasteiger partial charge in [0.15, 0.2) is 0 Å². The fourth-order valence-electron chi connectivity index (χ4n) is 4.78. The molecular weight excluding hydrogens is 482 g/mol. The van der Waals surface area contributed by atoms with Crippen LogP contribution in [0, 0.1) is 6.92 Å². The van der Waals surface area contributed by atoms with Crippen molar-refractivity contribution in [1.82, 2.24) is 14.8 Å². The molecule has 3 aromatic rings. The predicted octanol–water partition coefficient (Wildman–Crippen LogP) is 5.01. The highest BCUT2D eigenvalue weighted by atomic mass is 32.1. The van der Waals surface area contributed by atoms with E-state index in [9.17, 15) is 9.90 Å². The summed E-state index contributed by atoms with van der Waals surface area (Å²) in [6, 6.07) is 16.9. The van der Waals surface area contributed by atoms with E-state index >= 15 is 0 Å². The monoisotopic (exact) mass is 521 g/mol. The lowest BCUT2D eigenvalue weighted by Gasteiger charge is -2.28. The number of nitrogens with zero attached hydrogens (tertiary/aromatic N) is 3. The fourth-order valence-corrected chi connectivity index (χ4v) is 5.39. The Kier molecular flexibility index (Phi) is 10.5. The molecule has 1 aliphatic heterocycles. The lowest BCUT2D eigenvalue weighted by Crippen LogP contribution is -2.39. The van der Waals surface area contributed by atoms with Gasteiger partial charge in [0.2, 0.25) is 5.91 Å². The third-order valence-corrected chi connectivity index (χ3v) is 7.58. The fraction of sp³-hybridized carbons (Fsp3) is 0.467. The van der Waals surface area contributed by atoms with Gasteiger partial charge in [0.05, 0.1) is 23.7 Å². The van der Waals surface area contributed by atoms with Crippen LogP contribution in [0.5, 0.6) is 5.75 Å². The van der Waals surface area contributed by atoms with Gasteiger partial charge < -0.3 is 14.7 Å². The van der Waals surface area contributed by atoms with E-state index < -0.39 is 0 Å². The second-order valence-electron chi connectivity index (χ2n) is 9.79. The van der Waals surface area contributed by atoms with E-state index in [0.717, 1.165) is 74.7 Å². The number of rotatable bonds is 7. The van der Waals surface area contributed by atoms with E-state index in [-0.39, 0.29) is 12.5 Å². The van der Waals surface area contributed by atoms with Crippen molar-refractivity contribution in [2.75, 3.05) is 32.8 Å². The summed E-state index contributed by atoms with van der Waals surface area (Å²) < 4.78 is 6.25. The zero-order valence-electron chi connectivity index (χ0n) is 21.9. The standard InChI is InChI=1S/C30H39N3O3S/c1-24-31-28(23-37-24)20-30(35)33-14-6-3-7-18-36-29-13-12-25(11-8-17-34)19-27(29)22-32(15-16-33)21-26-9-4-2-5-10-26/h2,4-5,9-10,12-13,19,23,34H,3,6-8,11,14-18,20-22H2,1H3. The number of aryl methyl sites for hydroxylation is 2. The molecule has 1 amide bonds. The zero-order valence-corrected chi connectivity index (χ0v) is 22.7. The highest BCUT2D eigenvalue weighted by Crippen LogP contribution is 2.25. The zero-order chi connectivity index (χ0) is 25.9. The Morgan fingerprint density at radius 2 is 1.92 bits per heavy atom. The number of aromatic nitrogens is 1. The van der Waals surface area contributed by atoms with Crippen LogP contribution in [0.15, 0.2) is 53.9 Å². The molecule has 0 bridgehead atoms. The molecule has 4 rings (SSSR count). The van der Waals surface area contributed by atoms with Crippen LogP contribution in [0.4, 0.5) is 0 Å². The van der Waals surface area contributed by atoms with E-state index in [0.29, 0.717) is 19.6 Å². The maximum atomic E-state index is 13.3. The van der Waals surface area contributed by atoms with Crippen molar-refractivity contribution in [2.45, 2.75) is 58.5 Å². The molecule has 37 heavy (non-hydrogen) atoms. The van der Waals surface area contributed by atoms with Crippen molar-refractivity contribution in [1.29, 1.82) is 0 Å². The van der Waals surface area contributed by atoms with Crippen LogP contribution in [0.25, 0.3) is 0 Å². The first kappa shape index (κ1) is 27.3. The number of benzene rings is 2. The summed E-state index contributed by atoms with van der Waals surface area (Å²) in [5.41, 5.74) is 4.51. The topological polar surface area (TPSA) is 65.9 Å². The Bertz CT molecular complexity index is 1120. The molecule has 0 radical (unpaired) electrons. The smallest absolute Gasteiger partial charge is 0.228 e. The van der Waals surface area contributed by atoms with Crippen LogP contribution < -0.4 is 4.74 Å². The molecule has 7 heteroatoms. The summed E-state index contributed by atoms with van der Waals surface area (Å²) in [5, 5.41) is 12.3. The van der Waals surface area contributed by atoms with Gasteiger partial charge in [-0.15, -0.1) is 11.3 Å². The summed E-state index contributed by atoms with van der Waals surface area (Å²) in [5.74, 6) is 1.10. The van der Waals surface area contributed by atoms with Gasteiger partial charge in [-0.25, -0.2) is 4.98 Å². The number of carbonyl (C=O) groups excluding carboxylic acids is 1. The lowest BCUT2D eigenvalue weighted by molar-refractivity contribution is -0.130. The molecule has 0 saturated carbocycles. The summed E-state index contributed by atoms with van der Waals surface area (Å²) in [6.45, 7) is 6.62. The number of hydrogen-bond acceptors (Lipinski definition) is 6. The van der Waals surface area contributed by atoms with Gasteiger partial charge in [-0.3, -0.25) is 9.69 Å². The van der Waals surface area contributed by atoms with Crippen molar-refractivity contribution < 1.29 is 14.6 Å². The average Bonchev–Trinajstić information content (AvgIpc) is 3.32. The predicted molar refractivity (Wildman–Crippen MR) is 149 cm³/mol. The minimum atomic E-state index is 0.155. The summed E-state index contributed by atoms with van der Waals surface area (Å²) in [7, 11) is 0. The molecule has 1 aromatic heterocycles. The second kappa shape index (κ2) is 14.3. The Morgan fingerprint density at radius 1 is 1.05 bits per heavy atom. The molecule has 198 valence electrons. The molecule has 2 heterocycles. The van der Waals surface area contributed by atoms with E-state index in [4.69, 9.17) is 4.74 Å². The second-order valence-corrected chi connectivity index (χ2v) is 10.9. The quantitative estimate of drug-likeness (QED) is 0.473. The SMILES string of the molecule is Cc1nc(CC(=O)N2CCCCCOc3ccc(CCCO)cc3CN(Cc3ccccc3)CC2)cs1. The molecule has 1 N–H and O–H groups in total. The normalized spacial score (nSPS) is 15.7. The molecule has 0 aliphatic carbocycles.